The van der Waals surface area contributed by atoms with E-state index >= 15 is 0 Å². The summed E-state index contributed by atoms with van der Waals surface area (Å²) in [5.74, 6) is 0.627. The molecule has 1 heterocycles. The summed E-state index contributed by atoms with van der Waals surface area (Å²) in [6.45, 7) is 9.09. The summed E-state index contributed by atoms with van der Waals surface area (Å²) in [7, 11) is 1.75. The Morgan fingerprint density at radius 1 is 1.53 bits per heavy atom. The van der Waals surface area contributed by atoms with E-state index in [1.807, 2.05) is 6.92 Å². The molecule has 1 rings (SSSR count). The van der Waals surface area contributed by atoms with Crippen molar-refractivity contribution in [1.82, 2.24) is 4.90 Å². The number of carbonyl (C=O) groups is 1. The fraction of sp³-hybridized carbons (Fsp3) is 0.917. The number of hydrogen-bond donors (Lipinski definition) is 0. The zero-order valence-electron chi connectivity index (χ0n) is 10.4. The third-order valence-electron chi connectivity index (χ3n) is 3.34. The number of rotatable bonds is 4. The first-order chi connectivity index (χ1) is 6.94. The van der Waals surface area contributed by atoms with Crippen molar-refractivity contribution in [3.8, 4) is 0 Å². The summed E-state index contributed by atoms with van der Waals surface area (Å²) < 4.78 is 5.38. The second-order valence-corrected chi connectivity index (χ2v) is 5.13. The van der Waals surface area contributed by atoms with Crippen molar-refractivity contribution in [3.05, 3.63) is 0 Å². The molecule has 0 aromatic rings. The molecule has 3 heteroatoms. The molecule has 0 aliphatic carbocycles. The Bertz CT molecular complexity index is 226. The number of piperidine rings is 1. The van der Waals surface area contributed by atoms with Crippen LogP contribution in [0.4, 0.5) is 0 Å². The lowest BCUT2D eigenvalue weighted by atomic mass is 9.97. The Labute approximate surface area is 92.8 Å². The fourth-order valence-corrected chi connectivity index (χ4v) is 1.83. The van der Waals surface area contributed by atoms with Crippen LogP contribution in [0, 0.1) is 5.92 Å². The number of likely N-dealkylation sites (tertiary alicyclic amines) is 1. The number of Topliss-reactive ketones (excluding diaryl/α,β-unsaturated/α-hetero) is 1. The molecule has 1 aliphatic heterocycles. The Hall–Kier alpha value is -0.410. The SMILES string of the molecule is COC(C)(C)CCN1CCC(=O)C(C)C1. The first-order valence-corrected chi connectivity index (χ1v) is 5.75. The Balaban J connectivity index is 2.31. The monoisotopic (exact) mass is 213 g/mol. The van der Waals surface area contributed by atoms with E-state index in [2.05, 4.69) is 18.7 Å². The van der Waals surface area contributed by atoms with E-state index in [1.165, 1.54) is 0 Å². The minimum atomic E-state index is -0.0509. The van der Waals surface area contributed by atoms with Gasteiger partial charge in [0, 0.05) is 39.1 Å². The van der Waals surface area contributed by atoms with E-state index in [-0.39, 0.29) is 11.5 Å². The third-order valence-corrected chi connectivity index (χ3v) is 3.34. The van der Waals surface area contributed by atoms with Crippen molar-refractivity contribution < 1.29 is 9.53 Å². The average molecular weight is 213 g/mol. The Kier molecular flexibility index (Phi) is 4.29. The van der Waals surface area contributed by atoms with Gasteiger partial charge in [-0.15, -0.1) is 0 Å². The number of nitrogens with zero attached hydrogens (tertiary/aromatic N) is 1. The predicted molar refractivity (Wildman–Crippen MR) is 60.9 cm³/mol. The lowest BCUT2D eigenvalue weighted by Gasteiger charge is -2.32. The molecule has 0 saturated carbocycles. The summed E-state index contributed by atoms with van der Waals surface area (Å²) in [6.07, 6.45) is 1.74. The third kappa shape index (κ3) is 3.92. The summed E-state index contributed by atoms with van der Waals surface area (Å²) in [6, 6.07) is 0. The second-order valence-electron chi connectivity index (χ2n) is 5.13. The molecule has 0 radical (unpaired) electrons. The van der Waals surface area contributed by atoms with Gasteiger partial charge in [0.05, 0.1) is 5.60 Å². The Morgan fingerprint density at radius 2 is 2.20 bits per heavy atom. The molecular formula is C12H23NO2. The van der Waals surface area contributed by atoms with Crippen LogP contribution in [-0.2, 0) is 9.53 Å². The maximum Gasteiger partial charge on any atom is 0.138 e. The number of methoxy groups -OCH3 is 1. The highest BCUT2D eigenvalue weighted by Crippen LogP contribution is 2.17. The first-order valence-electron chi connectivity index (χ1n) is 5.75. The van der Waals surface area contributed by atoms with Gasteiger partial charge in [-0.25, -0.2) is 0 Å². The highest BCUT2D eigenvalue weighted by atomic mass is 16.5. The molecule has 3 nitrogen and oxygen atoms in total. The highest BCUT2D eigenvalue weighted by molar-refractivity contribution is 5.81. The van der Waals surface area contributed by atoms with Gasteiger partial charge in [-0.05, 0) is 20.3 Å². The van der Waals surface area contributed by atoms with Crippen LogP contribution in [0.3, 0.4) is 0 Å². The van der Waals surface area contributed by atoms with E-state index in [4.69, 9.17) is 4.74 Å². The Morgan fingerprint density at radius 3 is 2.73 bits per heavy atom. The molecule has 88 valence electrons. The number of ether oxygens (including phenoxy) is 1. The van der Waals surface area contributed by atoms with Gasteiger partial charge in [-0.1, -0.05) is 6.92 Å². The van der Waals surface area contributed by atoms with Gasteiger partial charge in [0.1, 0.15) is 5.78 Å². The largest absolute Gasteiger partial charge is 0.379 e. The number of carbonyl (C=O) groups excluding carboxylic acids is 1. The fourth-order valence-electron chi connectivity index (χ4n) is 1.83. The van der Waals surface area contributed by atoms with Gasteiger partial charge < -0.3 is 9.64 Å². The molecule has 0 aromatic heterocycles. The lowest BCUT2D eigenvalue weighted by molar-refractivity contribution is -0.125. The molecule has 15 heavy (non-hydrogen) atoms. The molecular weight excluding hydrogens is 190 g/mol. The lowest BCUT2D eigenvalue weighted by Crippen LogP contribution is -2.42. The minimum absolute atomic E-state index is 0.0509. The standard InChI is InChI=1S/C12H23NO2/c1-10-9-13(7-5-11(10)14)8-6-12(2,3)15-4/h10H,5-9H2,1-4H3. The van der Waals surface area contributed by atoms with Crippen LogP contribution in [0.1, 0.15) is 33.6 Å². The molecule has 1 fully saturated rings. The number of hydrogen-bond acceptors (Lipinski definition) is 3. The van der Waals surface area contributed by atoms with Crippen LogP contribution in [0.15, 0.2) is 0 Å². The maximum absolute atomic E-state index is 11.3. The van der Waals surface area contributed by atoms with E-state index in [9.17, 15) is 4.79 Å². The van der Waals surface area contributed by atoms with E-state index in [0.717, 1.165) is 26.1 Å². The van der Waals surface area contributed by atoms with Crippen molar-refractivity contribution in [3.63, 3.8) is 0 Å². The molecule has 1 atom stereocenters. The van der Waals surface area contributed by atoms with Gasteiger partial charge in [-0.3, -0.25) is 4.79 Å². The van der Waals surface area contributed by atoms with Crippen LogP contribution < -0.4 is 0 Å². The predicted octanol–water partition coefficient (Wildman–Crippen LogP) is 1.71. The topological polar surface area (TPSA) is 29.5 Å². The molecule has 0 amide bonds. The molecule has 1 unspecified atom stereocenters. The summed E-state index contributed by atoms with van der Waals surface area (Å²) in [5, 5.41) is 0. The molecule has 0 spiro atoms. The quantitative estimate of drug-likeness (QED) is 0.712. The van der Waals surface area contributed by atoms with Crippen LogP contribution in [0.2, 0.25) is 0 Å². The van der Waals surface area contributed by atoms with Crippen molar-refractivity contribution in [2.24, 2.45) is 5.92 Å². The van der Waals surface area contributed by atoms with E-state index < -0.39 is 0 Å². The van der Waals surface area contributed by atoms with Crippen molar-refractivity contribution in [1.29, 1.82) is 0 Å². The van der Waals surface area contributed by atoms with Crippen LogP contribution >= 0.6 is 0 Å². The van der Waals surface area contributed by atoms with Gasteiger partial charge in [-0.2, -0.15) is 0 Å². The molecule has 1 aliphatic rings. The maximum atomic E-state index is 11.3. The van der Waals surface area contributed by atoms with Crippen LogP contribution in [0.5, 0.6) is 0 Å². The van der Waals surface area contributed by atoms with Gasteiger partial charge >= 0.3 is 0 Å². The molecule has 0 aromatic carbocycles. The average Bonchev–Trinajstić information content (AvgIpc) is 2.20. The minimum Gasteiger partial charge on any atom is -0.379 e. The molecule has 1 saturated heterocycles. The highest BCUT2D eigenvalue weighted by Gasteiger charge is 2.25. The van der Waals surface area contributed by atoms with E-state index in [1.54, 1.807) is 7.11 Å². The summed E-state index contributed by atoms with van der Waals surface area (Å²) >= 11 is 0. The number of ketones is 1. The zero-order chi connectivity index (χ0) is 11.5. The normalized spacial score (nSPS) is 24.5. The van der Waals surface area contributed by atoms with Crippen molar-refractivity contribution >= 4 is 5.78 Å². The van der Waals surface area contributed by atoms with E-state index in [0.29, 0.717) is 12.2 Å². The van der Waals surface area contributed by atoms with Crippen LogP contribution in [-0.4, -0.2) is 43.0 Å². The molecule has 0 bridgehead atoms. The second kappa shape index (κ2) is 5.08. The summed E-state index contributed by atoms with van der Waals surface area (Å²) in [5.41, 5.74) is -0.0509. The van der Waals surface area contributed by atoms with Gasteiger partial charge in [0.2, 0.25) is 0 Å². The summed E-state index contributed by atoms with van der Waals surface area (Å²) in [4.78, 5) is 13.7. The molecule has 0 N–H and O–H groups in total. The van der Waals surface area contributed by atoms with Crippen LogP contribution in [0.25, 0.3) is 0 Å². The van der Waals surface area contributed by atoms with Gasteiger partial charge in [0.15, 0.2) is 0 Å². The zero-order valence-corrected chi connectivity index (χ0v) is 10.4. The first kappa shape index (κ1) is 12.7. The van der Waals surface area contributed by atoms with Crippen molar-refractivity contribution in [2.45, 2.75) is 39.2 Å². The van der Waals surface area contributed by atoms with Gasteiger partial charge in [0.25, 0.3) is 0 Å². The van der Waals surface area contributed by atoms with Crippen molar-refractivity contribution in [2.75, 3.05) is 26.7 Å². The smallest absolute Gasteiger partial charge is 0.138 e.